The summed E-state index contributed by atoms with van der Waals surface area (Å²) >= 11 is 5.44. The maximum absolute atomic E-state index is 13.9. The minimum atomic E-state index is -0.534. The van der Waals surface area contributed by atoms with Crippen LogP contribution < -0.4 is 15.0 Å². The number of carbonyl (C=O) groups is 2. The Morgan fingerprint density at radius 2 is 1.47 bits per heavy atom. The fourth-order valence-corrected chi connectivity index (χ4v) is 5.57. The van der Waals surface area contributed by atoms with E-state index in [4.69, 9.17) is 17.0 Å². The number of ether oxygens (including phenoxy) is 1. The monoisotopic (exact) mass is 583 g/mol. The third-order valence-corrected chi connectivity index (χ3v) is 7.50. The highest BCUT2D eigenvalue weighted by Gasteiger charge is 2.35. The molecule has 6 rings (SSSR count). The van der Waals surface area contributed by atoms with Gasteiger partial charge < -0.3 is 9.30 Å². The zero-order chi connectivity index (χ0) is 29.9. The van der Waals surface area contributed by atoms with Gasteiger partial charge in [0.1, 0.15) is 11.3 Å². The van der Waals surface area contributed by atoms with Gasteiger partial charge in [-0.15, -0.1) is 0 Å². The number of hydrogen-bond acceptors (Lipinski definition) is 4. The standard InChI is InChI=1S/C36H29N3O3S/c1-3-42-30-19-17-28(18-20-30)38-32(25-12-6-4-7-13-25)23-27(33(38)26-14-8-5-9-15-26)22-31-34(40)37-36(43)39(35(31)41)29-16-10-11-24(2)21-29/h4-23H,3H2,1-2H3,(H,37,40,43)/b31-22+. The molecule has 1 aromatic heterocycles. The van der Waals surface area contributed by atoms with E-state index in [1.165, 1.54) is 4.90 Å². The zero-order valence-corrected chi connectivity index (χ0v) is 24.6. The second-order valence-corrected chi connectivity index (χ2v) is 10.5. The van der Waals surface area contributed by atoms with Crippen LogP contribution in [0.25, 0.3) is 34.3 Å². The molecule has 1 aliphatic rings. The number of thiocarbonyl (C=S) groups is 1. The second-order valence-electron chi connectivity index (χ2n) is 10.1. The maximum Gasteiger partial charge on any atom is 0.270 e. The molecule has 0 bridgehead atoms. The van der Waals surface area contributed by atoms with E-state index in [1.54, 1.807) is 12.1 Å². The summed E-state index contributed by atoms with van der Waals surface area (Å²) in [7, 11) is 0. The molecule has 0 saturated carbocycles. The van der Waals surface area contributed by atoms with E-state index < -0.39 is 11.8 Å². The molecule has 0 unspecified atom stereocenters. The van der Waals surface area contributed by atoms with Gasteiger partial charge in [-0.3, -0.25) is 19.8 Å². The number of rotatable bonds is 7. The number of aromatic nitrogens is 1. The van der Waals surface area contributed by atoms with Gasteiger partial charge in [0.05, 0.1) is 23.7 Å². The third kappa shape index (κ3) is 5.50. The highest BCUT2D eigenvalue weighted by Crippen LogP contribution is 2.38. The van der Waals surface area contributed by atoms with Crippen molar-refractivity contribution in [2.24, 2.45) is 0 Å². The Bertz CT molecular complexity index is 1860. The first-order valence-electron chi connectivity index (χ1n) is 14.0. The number of aryl methyl sites for hydroxylation is 1. The lowest BCUT2D eigenvalue weighted by molar-refractivity contribution is -0.122. The smallest absolute Gasteiger partial charge is 0.270 e. The van der Waals surface area contributed by atoms with Crippen molar-refractivity contribution in [1.82, 2.24) is 9.88 Å². The first kappa shape index (κ1) is 27.9. The van der Waals surface area contributed by atoms with Crippen molar-refractivity contribution in [1.29, 1.82) is 0 Å². The first-order chi connectivity index (χ1) is 20.9. The Hall–Kier alpha value is -5.27. The molecule has 0 atom stereocenters. The van der Waals surface area contributed by atoms with Crippen LogP contribution in [0.15, 0.2) is 121 Å². The fourth-order valence-electron chi connectivity index (χ4n) is 5.29. The highest BCUT2D eigenvalue weighted by atomic mass is 32.1. The number of benzene rings is 4. The highest BCUT2D eigenvalue weighted by molar-refractivity contribution is 7.80. The number of amides is 2. The van der Waals surface area contributed by atoms with Gasteiger partial charge in [0, 0.05) is 11.3 Å². The summed E-state index contributed by atoms with van der Waals surface area (Å²) in [6, 6.07) is 37.4. The topological polar surface area (TPSA) is 63.6 Å². The van der Waals surface area contributed by atoms with Crippen LogP contribution in [0.3, 0.4) is 0 Å². The van der Waals surface area contributed by atoms with Gasteiger partial charge in [0.2, 0.25) is 0 Å². The maximum atomic E-state index is 13.9. The molecule has 2 amide bonds. The predicted molar refractivity (Wildman–Crippen MR) is 175 cm³/mol. The van der Waals surface area contributed by atoms with E-state index in [9.17, 15) is 9.59 Å². The summed E-state index contributed by atoms with van der Waals surface area (Å²) in [4.78, 5) is 28.6. The third-order valence-electron chi connectivity index (χ3n) is 7.21. The molecular formula is C36H29N3O3S. The van der Waals surface area contributed by atoms with Crippen LogP contribution in [0.1, 0.15) is 18.1 Å². The van der Waals surface area contributed by atoms with Gasteiger partial charge in [0.25, 0.3) is 11.8 Å². The van der Waals surface area contributed by atoms with Gasteiger partial charge in [-0.2, -0.15) is 0 Å². The molecule has 2 heterocycles. The van der Waals surface area contributed by atoms with E-state index in [2.05, 4.69) is 9.88 Å². The molecule has 1 aliphatic heterocycles. The van der Waals surface area contributed by atoms with Crippen LogP contribution in [-0.4, -0.2) is 28.1 Å². The predicted octanol–water partition coefficient (Wildman–Crippen LogP) is 7.35. The van der Waals surface area contributed by atoms with Crippen molar-refractivity contribution < 1.29 is 14.3 Å². The SMILES string of the molecule is CCOc1ccc(-n2c(-c3ccccc3)cc(/C=C3\C(=O)NC(=S)N(c4cccc(C)c4)C3=O)c2-c2ccccc2)cc1. The van der Waals surface area contributed by atoms with Gasteiger partial charge >= 0.3 is 0 Å². The summed E-state index contributed by atoms with van der Waals surface area (Å²) < 4.78 is 7.86. The van der Waals surface area contributed by atoms with Crippen molar-refractivity contribution in [3.05, 3.63) is 132 Å². The molecule has 0 radical (unpaired) electrons. The fraction of sp³-hybridized carbons (Fsp3) is 0.0833. The molecule has 0 aliphatic carbocycles. The number of nitrogens with one attached hydrogen (secondary N) is 1. The van der Waals surface area contributed by atoms with Gasteiger partial charge in [-0.25, -0.2) is 0 Å². The molecule has 7 heteroatoms. The minimum absolute atomic E-state index is 0.00394. The minimum Gasteiger partial charge on any atom is -0.494 e. The molecular weight excluding hydrogens is 554 g/mol. The first-order valence-corrected chi connectivity index (χ1v) is 14.4. The van der Waals surface area contributed by atoms with Crippen LogP contribution in [-0.2, 0) is 9.59 Å². The molecule has 0 spiro atoms. The zero-order valence-electron chi connectivity index (χ0n) is 23.8. The molecule has 6 nitrogen and oxygen atoms in total. The van der Waals surface area contributed by atoms with Crippen LogP contribution in [0, 0.1) is 6.92 Å². The molecule has 43 heavy (non-hydrogen) atoms. The van der Waals surface area contributed by atoms with E-state index in [0.29, 0.717) is 12.3 Å². The number of hydrogen-bond donors (Lipinski definition) is 1. The number of carbonyl (C=O) groups excluding carboxylic acids is 2. The molecule has 1 N–H and O–H groups in total. The Balaban J connectivity index is 1.58. The number of anilines is 1. The van der Waals surface area contributed by atoms with Crippen molar-refractivity contribution >= 4 is 40.9 Å². The molecule has 5 aromatic rings. The quantitative estimate of drug-likeness (QED) is 0.124. The van der Waals surface area contributed by atoms with Crippen molar-refractivity contribution in [3.8, 4) is 34.0 Å². The lowest BCUT2D eigenvalue weighted by Crippen LogP contribution is -2.54. The Morgan fingerprint density at radius 1 is 0.791 bits per heavy atom. The average molecular weight is 584 g/mol. The van der Waals surface area contributed by atoms with Crippen LogP contribution >= 0.6 is 12.2 Å². The summed E-state index contributed by atoms with van der Waals surface area (Å²) in [6.45, 7) is 4.47. The van der Waals surface area contributed by atoms with E-state index in [-0.39, 0.29) is 10.7 Å². The largest absolute Gasteiger partial charge is 0.494 e. The van der Waals surface area contributed by atoms with Crippen LogP contribution in [0.4, 0.5) is 5.69 Å². The van der Waals surface area contributed by atoms with Crippen molar-refractivity contribution in [3.63, 3.8) is 0 Å². The Morgan fingerprint density at radius 3 is 2.12 bits per heavy atom. The van der Waals surface area contributed by atoms with E-state index in [1.807, 2.05) is 123 Å². The molecule has 1 fully saturated rings. The van der Waals surface area contributed by atoms with E-state index >= 15 is 0 Å². The molecule has 212 valence electrons. The number of nitrogens with zero attached hydrogens (tertiary/aromatic N) is 2. The van der Waals surface area contributed by atoms with Crippen molar-refractivity contribution in [2.45, 2.75) is 13.8 Å². The van der Waals surface area contributed by atoms with Crippen LogP contribution in [0.5, 0.6) is 5.75 Å². The average Bonchev–Trinajstić information content (AvgIpc) is 3.40. The Kier molecular flexibility index (Phi) is 7.73. The lowest BCUT2D eigenvalue weighted by Gasteiger charge is -2.29. The van der Waals surface area contributed by atoms with Gasteiger partial charge in [-0.05, 0) is 91.3 Å². The van der Waals surface area contributed by atoms with E-state index in [0.717, 1.165) is 45.1 Å². The summed E-state index contributed by atoms with van der Waals surface area (Å²) in [5.41, 5.74) is 6.86. The summed E-state index contributed by atoms with van der Waals surface area (Å²) in [6.07, 6.45) is 1.67. The molecule has 1 saturated heterocycles. The van der Waals surface area contributed by atoms with Crippen LogP contribution in [0.2, 0.25) is 0 Å². The van der Waals surface area contributed by atoms with Gasteiger partial charge in [-0.1, -0.05) is 72.8 Å². The second kappa shape index (κ2) is 11.9. The Labute approximate surface area is 255 Å². The molecule has 4 aromatic carbocycles. The normalized spacial score (nSPS) is 14.2. The van der Waals surface area contributed by atoms with Crippen molar-refractivity contribution in [2.75, 3.05) is 11.5 Å². The lowest BCUT2D eigenvalue weighted by atomic mass is 10.0. The van der Waals surface area contributed by atoms with Gasteiger partial charge in [0.15, 0.2) is 5.11 Å². The summed E-state index contributed by atoms with van der Waals surface area (Å²) in [5, 5.41) is 2.77. The summed E-state index contributed by atoms with van der Waals surface area (Å²) in [5.74, 6) is -0.235.